The Balaban J connectivity index is 1.80. The monoisotopic (exact) mass is 660 g/mol. The van der Waals surface area contributed by atoms with Crippen molar-refractivity contribution in [2.24, 2.45) is 0 Å². The molecule has 0 aliphatic heterocycles. The van der Waals surface area contributed by atoms with E-state index in [4.69, 9.17) is 28.9 Å². The van der Waals surface area contributed by atoms with E-state index in [2.05, 4.69) is 24.3 Å². The van der Waals surface area contributed by atoms with E-state index in [-0.39, 0.29) is 17.6 Å². The molecule has 6 rings (SSSR count). The molecule has 2 aromatic heterocycles. The molecule has 47 heavy (non-hydrogen) atoms. The van der Waals surface area contributed by atoms with E-state index < -0.39 is 15.1 Å². The predicted octanol–water partition coefficient (Wildman–Crippen LogP) is 5.58. The Hall–Kier alpha value is -4.96. The summed E-state index contributed by atoms with van der Waals surface area (Å²) < 4.78 is 39.6. The maximum absolute atomic E-state index is 16.1. The average molecular weight is 661 g/mol. The summed E-state index contributed by atoms with van der Waals surface area (Å²) in [7, 11) is 1.40. The van der Waals surface area contributed by atoms with Crippen LogP contribution in [-0.2, 0) is 4.57 Å². The second kappa shape index (κ2) is 14.2. The maximum atomic E-state index is 16.1. The van der Waals surface area contributed by atoms with Crippen molar-refractivity contribution >= 4 is 46.9 Å². The smallest absolute Gasteiger partial charge is 0.225 e. The molecule has 7 nitrogen and oxygen atoms in total. The average Bonchev–Trinajstić information content (AvgIpc) is 3.15. The standard InChI is InChI=1S/C38H34N2O5P2/c1-42-33-25-31(46(27-17-9-5-10-18-27)28-19-11-6-12-20-28)35(37(39-33)44-3)36-32(26-34(43-2)40-38(36)45-4)47(41,29-21-13-7-14-22-29)30-23-15-8-16-24-30/h5-26H,1-4H3. The van der Waals surface area contributed by atoms with Crippen molar-refractivity contribution in [3.05, 3.63) is 133 Å². The van der Waals surface area contributed by atoms with Crippen molar-refractivity contribution in [3.8, 4) is 34.6 Å². The molecule has 0 saturated carbocycles. The lowest BCUT2D eigenvalue weighted by molar-refractivity contribution is 0.362. The van der Waals surface area contributed by atoms with Gasteiger partial charge in [0, 0.05) is 33.4 Å². The summed E-state index contributed by atoms with van der Waals surface area (Å²) in [6.45, 7) is 0. The fourth-order valence-corrected chi connectivity index (χ4v) is 11.0. The van der Waals surface area contributed by atoms with Gasteiger partial charge in [0.05, 0.1) is 39.6 Å². The van der Waals surface area contributed by atoms with E-state index >= 15 is 4.57 Å². The van der Waals surface area contributed by atoms with Gasteiger partial charge >= 0.3 is 0 Å². The Morgan fingerprint density at radius 2 is 0.915 bits per heavy atom. The normalized spacial score (nSPS) is 11.3. The van der Waals surface area contributed by atoms with Crippen LogP contribution in [0.2, 0.25) is 0 Å². The van der Waals surface area contributed by atoms with Crippen LogP contribution in [0.15, 0.2) is 133 Å². The highest BCUT2D eigenvalue weighted by atomic mass is 31.2. The van der Waals surface area contributed by atoms with Crippen LogP contribution < -0.4 is 50.8 Å². The number of pyridine rings is 2. The number of ether oxygens (including phenoxy) is 4. The number of benzene rings is 4. The zero-order valence-corrected chi connectivity index (χ0v) is 28.3. The van der Waals surface area contributed by atoms with Gasteiger partial charge in [-0.25, -0.2) is 0 Å². The second-order valence-electron chi connectivity index (χ2n) is 10.4. The largest absolute Gasteiger partial charge is 0.481 e. The second-order valence-corrected chi connectivity index (χ2v) is 15.3. The molecule has 0 atom stereocenters. The predicted molar refractivity (Wildman–Crippen MR) is 192 cm³/mol. The van der Waals surface area contributed by atoms with Crippen LogP contribution >= 0.6 is 15.1 Å². The van der Waals surface area contributed by atoms with Gasteiger partial charge in [-0.1, -0.05) is 121 Å². The van der Waals surface area contributed by atoms with Crippen LogP contribution in [-0.4, -0.2) is 38.4 Å². The number of aromatic nitrogens is 2. The summed E-state index contributed by atoms with van der Waals surface area (Å²) in [4.78, 5) is 9.50. The summed E-state index contributed by atoms with van der Waals surface area (Å²) in [6.07, 6.45) is 0. The van der Waals surface area contributed by atoms with Gasteiger partial charge in [-0.2, -0.15) is 9.97 Å². The van der Waals surface area contributed by atoms with Gasteiger partial charge in [-0.3, -0.25) is 0 Å². The topological polar surface area (TPSA) is 79.8 Å². The van der Waals surface area contributed by atoms with Crippen molar-refractivity contribution in [1.29, 1.82) is 0 Å². The zero-order valence-electron chi connectivity index (χ0n) is 26.5. The minimum absolute atomic E-state index is 0.231. The molecule has 0 aliphatic rings. The molecular formula is C38H34N2O5P2. The first kappa shape index (κ1) is 32.0. The SMILES string of the molecule is COc1cc(P(c2ccccc2)c2ccccc2)c(-c2c(P(=O)(c3ccccc3)c3ccccc3)cc(OC)nc2OC)c(OC)n1. The number of hydrogen-bond donors (Lipinski definition) is 0. The minimum Gasteiger partial charge on any atom is -0.481 e. The van der Waals surface area contributed by atoms with E-state index in [1.165, 1.54) is 7.11 Å². The quantitative estimate of drug-likeness (QED) is 0.168. The molecule has 2 heterocycles. The first-order valence-electron chi connectivity index (χ1n) is 14.9. The van der Waals surface area contributed by atoms with Gasteiger partial charge in [-0.05, 0) is 18.5 Å². The molecule has 0 radical (unpaired) electrons. The van der Waals surface area contributed by atoms with E-state index in [0.717, 1.165) is 15.9 Å². The molecule has 0 saturated heterocycles. The lowest BCUT2D eigenvalue weighted by Crippen LogP contribution is -2.29. The molecular weight excluding hydrogens is 626 g/mol. The highest BCUT2D eigenvalue weighted by molar-refractivity contribution is 7.85. The molecule has 0 bridgehead atoms. The van der Waals surface area contributed by atoms with E-state index in [1.807, 2.05) is 103 Å². The third-order valence-electron chi connectivity index (χ3n) is 7.79. The summed E-state index contributed by atoms with van der Waals surface area (Å²) >= 11 is 0. The summed E-state index contributed by atoms with van der Waals surface area (Å²) in [5.41, 5.74) is 1.12. The third-order valence-corrected chi connectivity index (χ3v) is 13.3. The molecule has 0 spiro atoms. The first-order valence-corrected chi connectivity index (χ1v) is 18.0. The molecule has 0 fully saturated rings. The lowest BCUT2D eigenvalue weighted by Gasteiger charge is -2.28. The Kier molecular flexibility index (Phi) is 9.68. The molecule has 9 heteroatoms. The van der Waals surface area contributed by atoms with Gasteiger partial charge in [0.15, 0.2) is 7.14 Å². The molecule has 0 aliphatic carbocycles. The minimum atomic E-state index is -3.61. The number of hydrogen-bond acceptors (Lipinski definition) is 7. The molecule has 6 aromatic rings. The van der Waals surface area contributed by atoms with Crippen LogP contribution in [0.5, 0.6) is 23.5 Å². The van der Waals surface area contributed by atoms with Crippen LogP contribution in [0, 0.1) is 0 Å². The molecule has 0 unspecified atom stereocenters. The molecule has 0 N–H and O–H groups in total. The third kappa shape index (κ3) is 6.13. The van der Waals surface area contributed by atoms with E-state index in [9.17, 15) is 0 Å². The highest BCUT2D eigenvalue weighted by Gasteiger charge is 2.38. The van der Waals surface area contributed by atoms with E-state index in [0.29, 0.717) is 32.9 Å². The summed E-state index contributed by atoms with van der Waals surface area (Å²) in [6, 6.07) is 43.2. The number of nitrogens with zero attached hydrogens (tertiary/aromatic N) is 2. The Labute approximate surface area is 276 Å². The molecule has 4 aromatic carbocycles. The highest BCUT2D eigenvalue weighted by Crippen LogP contribution is 2.51. The van der Waals surface area contributed by atoms with Crippen LogP contribution in [0.1, 0.15) is 0 Å². The van der Waals surface area contributed by atoms with Crippen molar-refractivity contribution in [3.63, 3.8) is 0 Å². The summed E-state index contributed by atoms with van der Waals surface area (Å²) in [5.74, 6) is 1.17. The van der Waals surface area contributed by atoms with Gasteiger partial charge in [0.25, 0.3) is 0 Å². The van der Waals surface area contributed by atoms with Gasteiger partial charge in [0.1, 0.15) is 0 Å². The number of rotatable bonds is 11. The Bertz CT molecular complexity index is 1930. The van der Waals surface area contributed by atoms with Crippen LogP contribution in [0.4, 0.5) is 0 Å². The van der Waals surface area contributed by atoms with Crippen molar-refractivity contribution in [1.82, 2.24) is 9.97 Å². The lowest BCUT2D eigenvalue weighted by atomic mass is 10.1. The first-order chi connectivity index (χ1) is 23.0. The summed E-state index contributed by atoms with van der Waals surface area (Å²) in [5, 5.41) is 4.86. The van der Waals surface area contributed by atoms with Gasteiger partial charge in [-0.15, -0.1) is 0 Å². The van der Waals surface area contributed by atoms with Crippen molar-refractivity contribution in [2.45, 2.75) is 0 Å². The number of methoxy groups -OCH3 is 4. The fourth-order valence-electron chi connectivity index (χ4n) is 5.66. The van der Waals surface area contributed by atoms with Gasteiger partial charge < -0.3 is 23.5 Å². The molecule has 236 valence electrons. The van der Waals surface area contributed by atoms with Gasteiger partial charge in [0.2, 0.25) is 23.5 Å². The van der Waals surface area contributed by atoms with Crippen molar-refractivity contribution in [2.75, 3.05) is 28.4 Å². The van der Waals surface area contributed by atoms with Crippen LogP contribution in [0.3, 0.4) is 0 Å². The van der Waals surface area contributed by atoms with Crippen LogP contribution in [0.25, 0.3) is 11.1 Å². The van der Waals surface area contributed by atoms with Crippen molar-refractivity contribution < 1.29 is 23.5 Å². The maximum Gasteiger partial charge on any atom is 0.225 e. The van der Waals surface area contributed by atoms with E-state index in [1.54, 1.807) is 27.4 Å². The zero-order chi connectivity index (χ0) is 32.8. The Morgan fingerprint density at radius 1 is 0.511 bits per heavy atom. The Morgan fingerprint density at radius 3 is 1.34 bits per heavy atom. The molecule has 0 amide bonds. The fraction of sp³-hybridized carbons (Fsp3) is 0.105.